The van der Waals surface area contributed by atoms with Crippen LogP contribution in [0.25, 0.3) is 5.69 Å². The Morgan fingerprint density at radius 3 is 2.86 bits per heavy atom. The number of para-hydroxylation sites is 2. The third-order valence-electron chi connectivity index (χ3n) is 4.21. The molecule has 1 aromatic heterocycles. The summed E-state index contributed by atoms with van der Waals surface area (Å²) in [5, 5.41) is 4.50. The quantitative estimate of drug-likeness (QED) is 0.847. The minimum Gasteiger partial charge on any atom is -0.494 e. The second-order valence-electron chi connectivity index (χ2n) is 5.72. The first-order chi connectivity index (χ1) is 10.8. The van der Waals surface area contributed by atoms with Gasteiger partial charge in [0.05, 0.1) is 13.3 Å². The van der Waals surface area contributed by atoms with Crippen LogP contribution in [0.1, 0.15) is 18.4 Å². The highest BCUT2D eigenvalue weighted by Crippen LogP contribution is 2.24. The van der Waals surface area contributed by atoms with Crippen LogP contribution in [0.3, 0.4) is 0 Å². The van der Waals surface area contributed by atoms with Crippen molar-refractivity contribution in [3.05, 3.63) is 42.2 Å². The molecule has 118 valence electrons. The van der Waals surface area contributed by atoms with E-state index in [2.05, 4.69) is 35.0 Å². The van der Waals surface area contributed by atoms with Gasteiger partial charge in [-0.05, 0) is 43.5 Å². The normalized spacial score (nSPS) is 16.1. The zero-order valence-electron chi connectivity index (χ0n) is 13.2. The summed E-state index contributed by atoms with van der Waals surface area (Å²) < 4.78 is 7.31. The third-order valence-corrected chi connectivity index (χ3v) is 5.26. The monoisotopic (exact) mass is 317 g/mol. The second kappa shape index (κ2) is 7.20. The number of hydrogen-bond acceptors (Lipinski definition) is 4. The summed E-state index contributed by atoms with van der Waals surface area (Å²) in [6.07, 6.45) is 6.65. The van der Waals surface area contributed by atoms with Gasteiger partial charge in [0, 0.05) is 24.3 Å². The van der Waals surface area contributed by atoms with Gasteiger partial charge in [-0.15, -0.1) is 0 Å². The van der Waals surface area contributed by atoms with Crippen LogP contribution >= 0.6 is 11.8 Å². The van der Waals surface area contributed by atoms with E-state index in [-0.39, 0.29) is 0 Å². The van der Waals surface area contributed by atoms with Crippen molar-refractivity contribution in [2.24, 2.45) is 0 Å². The number of rotatable bonds is 5. The Balaban J connectivity index is 1.70. The van der Waals surface area contributed by atoms with Crippen molar-refractivity contribution >= 4 is 11.8 Å². The molecule has 1 fully saturated rings. The van der Waals surface area contributed by atoms with E-state index in [4.69, 9.17) is 4.74 Å². The number of nitrogens with zero attached hydrogens (tertiary/aromatic N) is 3. The summed E-state index contributed by atoms with van der Waals surface area (Å²) in [6, 6.07) is 8.67. The first-order valence-corrected chi connectivity index (χ1v) is 8.88. The highest BCUT2D eigenvalue weighted by molar-refractivity contribution is 7.99. The van der Waals surface area contributed by atoms with Crippen molar-refractivity contribution in [1.82, 2.24) is 14.7 Å². The first kappa shape index (κ1) is 15.4. The number of thioether (sulfide) groups is 1. The summed E-state index contributed by atoms with van der Waals surface area (Å²) in [7, 11) is 3.92. The zero-order chi connectivity index (χ0) is 15.4. The summed E-state index contributed by atoms with van der Waals surface area (Å²) in [6.45, 7) is 0.949. The molecule has 0 spiro atoms. The Morgan fingerprint density at radius 2 is 2.09 bits per heavy atom. The van der Waals surface area contributed by atoms with E-state index in [1.54, 1.807) is 7.11 Å². The number of ether oxygens (including phenoxy) is 1. The average Bonchev–Trinajstić information content (AvgIpc) is 3.04. The van der Waals surface area contributed by atoms with Crippen LogP contribution in [0, 0.1) is 0 Å². The van der Waals surface area contributed by atoms with Gasteiger partial charge in [-0.3, -0.25) is 4.90 Å². The molecular formula is C17H23N3OS. The van der Waals surface area contributed by atoms with Gasteiger partial charge >= 0.3 is 0 Å². The van der Waals surface area contributed by atoms with Crippen LogP contribution in [-0.2, 0) is 6.54 Å². The lowest BCUT2D eigenvalue weighted by atomic mass is 10.1. The molecule has 4 nitrogen and oxygen atoms in total. The standard InChI is InChI=1S/C17H23N3OS/c1-19(15-7-9-22-10-8-15)12-14-11-18-20(13-14)16-5-3-4-6-17(16)21-2/h3-6,11,13,15H,7-10,12H2,1-2H3. The van der Waals surface area contributed by atoms with Gasteiger partial charge in [-0.2, -0.15) is 16.9 Å². The maximum absolute atomic E-state index is 5.41. The van der Waals surface area contributed by atoms with Gasteiger partial charge in [0.1, 0.15) is 11.4 Å². The van der Waals surface area contributed by atoms with E-state index in [1.165, 1.54) is 29.9 Å². The highest BCUT2D eigenvalue weighted by atomic mass is 32.2. The van der Waals surface area contributed by atoms with Gasteiger partial charge in [-0.25, -0.2) is 4.68 Å². The van der Waals surface area contributed by atoms with E-state index in [9.17, 15) is 0 Å². The van der Waals surface area contributed by atoms with Crippen LogP contribution in [0.5, 0.6) is 5.75 Å². The molecule has 22 heavy (non-hydrogen) atoms. The molecule has 5 heteroatoms. The molecule has 0 bridgehead atoms. The van der Waals surface area contributed by atoms with Gasteiger partial charge < -0.3 is 4.74 Å². The lowest BCUT2D eigenvalue weighted by molar-refractivity contribution is 0.221. The molecule has 0 saturated carbocycles. The fourth-order valence-electron chi connectivity index (χ4n) is 2.94. The minimum atomic E-state index is 0.705. The summed E-state index contributed by atoms with van der Waals surface area (Å²) in [4.78, 5) is 2.46. The van der Waals surface area contributed by atoms with Crippen LogP contribution in [0.2, 0.25) is 0 Å². The molecule has 2 aromatic rings. The SMILES string of the molecule is COc1ccccc1-n1cc(CN(C)C2CCSCC2)cn1. The van der Waals surface area contributed by atoms with Crippen molar-refractivity contribution in [2.45, 2.75) is 25.4 Å². The number of benzene rings is 1. The van der Waals surface area contributed by atoms with Crippen LogP contribution in [0.15, 0.2) is 36.7 Å². The Labute approximate surface area is 136 Å². The second-order valence-corrected chi connectivity index (χ2v) is 6.95. The largest absolute Gasteiger partial charge is 0.494 e. The van der Waals surface area contributed by atoms with E-state index >= 15 is 0 Å². The maximum Gasteiger partial charge on any atom is 0.144 e. The predicted molar refractivity (Wildman–Crippen MR) is 91.9 cm³/mol. The third kappa shape index (κ3) is 3.47. The number of hydrogen-bond donors (Lipinski definition) is 0. The van der Waals surface area contributed by atoms with E-state index in [0.29, 0.717) is 6.04 Å². The van der Waals surface area contributed by atoms with E-state index < -0.39 is 0 Å². The Morgan fingerprint density at radius 1 is 1.32 bits per heavy atom. The molecule has 3 rings (SSSR count). The predicted octanol–water partition coefficient (Wildman–Crippen LogP) is 3.21. The topological polar surface area (TPSA) is 30.3 Å². The molecule has 0 unspecified atom stereocenters. The van der Waals surface area contributed by atoms with Crippen molar-refractivity contribution in [3.8, 4) is 11.4 Å². The van der Waals surface area contributed by atoms with Crippen LogP contribution in [-0.4, -0.2) is 46.4 Å². The molecule has 0 radical (unpaired) electrons. The van der Waals surface area contributed by atoms with Crippen molar-refractivity contribution in [2.75, 3.05) is 25.7 Å². The fraction of sp³-hybridized carbons (Fsp3) is 0.471. The van der Waals surface area contributed by atoms with Crippen molar-refractivity contribution in [1.29, 1.82) is 0 Å². The first-order valence-electron chi connectivity index (χ1n) is 7.73. The summed E-state index contributed by atoms with van der Waals surface area (Å²) in [5.74, 6) is 3.42. The Bertz CT molecular complexity index is 607. The zero-order valence-corrected chi connectivity index (χ0v) is 14.1. The Hall–Kier alpha value is -1.46. The molecule has 0 amide bonds. The average molecular weight is 317 g/mol. The maximum atomic E-state index is 5.41. The molecule has 1 aliphatic heterocycles. The van der Waals surface area contributed by atoms with Crippen molar-refractivity contribution in [3.63, 3.8) is 0 Å². The highest BCUT2D eigenvalue weighted by Gasteiger charge is 2.18. The minimum absolute atomic E-state index is 0.705. The fourth-order valence-corrected chi connectivity index (χ4v) is 4.02. The summed E-state index contributed by atoms with van der Waals surface area (Å²) >= 11 is 2.07. The lowest BCUT2D eigenvalue weighted by Gasteiger charge is -2.30. The number of aromatic nitrogens is 2. The Kier molecular flexibility index (Phi) is 5.05. The smallest absolute Gasteiger partial charge is 0.144 e. The van der Waals surface area contributed by atoms with Gasteiger partial charge in [0.25, 0.3) is 0 Å². The van der Waals surface area contributed by atoms with Gasteiger partial charge in [0.2, 0.25) is 0 Å². The molecule has 1 aromatic carbocycles. The molecule has 1 saturated heterocycles. The molecule has 2 heterocycles. The molecule has 0 atom stereocenters. The molecule has 0 aliphatic carbocycles. The molecule has 1 aliphatic rings. The lowest BCUT2D eigenvalue weighted by Crippen LogP contribution is -2.34. The van der Waals surface area contributed by atoms with Crippen LogP contribution in [0.4, 0.5) is 0 Å². The summed E-state index contributed by atoms with van der Waals surface area (Å²) in [5.41, 5.74) is 2.22. The van der Waals surface area contributed by atoms with Crippen molar-refractivity contribution < 1.29 is 4.74 Å². The van der Waals surface area contributed by atoms with E-state index in [1.807, 2.05) is 35.1 Å². The molecule has 0 N–H and O–H groups in total. The van der Waals surface area contributed by atoms with Gasteiger partial charge in [-0.1, -0.05) is 12.1 Å². The van der Waals surface area contributed by atoms with Crippen LogP contribution < -0.4 is 4.74 Å². The van der Waals surface area contributed by atoms with E-state index in [0.717, 1.165) is 18.0 Å². The number of methoxy groups -OCH3 is 1. The van der Waals surface area contributed by atoms with Gasteiger partial charge in [0.15, 0.2) is 0 Å². The molecular weight excluding hydrogens is 294 g/mol.